The minimum absolute atomic E-state index is 0.0152. The molecule has 1 amide bonds. The summed E-state index contributed by atoms with van der Waals surface area (Å²) in [6.45, 7) is 1.60. The molecule has 2 heterocycles. The lowest BCUT2D eigenvalue weighted by molar-refractivity contribution is -0.120. The van der Waals surface area contributed by atoms with E-state index < -0.39 is 0 Å². The lowest BCUT2D eigenvalue weighted by atomic mass is 10.3. The summed E-state index contributed by atoms with van der Waals surface area (Å²) < 4.78 is 11.0. The first-order valence-electron chi connectivity index (χ1n) is 7.09. The number of imidazole rings is 1. The molecule has 0 radical (unpaired) electrons. The predicted octanol–water partition coefficient (Wildman–Crippen LogP) is 1.98. The molecule has 0 bridgehead atoms. The average molecular weight is 319 g/mol. The number of nitrogens with one attached hydrogen (secondary N) is 2. The summed E-state index contributed by atoms with van der Waals surface area (Å²) in [5.74, 6) is 3.04. The highest BCUT2D eigenvalue weighted by Gasteiger charge is 2.12. The molecule has 1 aromatic carbocycles. The van der Waals surface area contributed by atoms with E-state index in [1.54, 1.807) is 24.2 Å². The molecule has 1 aliphatic heterocycles. The first-order valence-corrected chi connectivity index (χ1v) is 8.07. The van der Waals surface area contributed by atoms with Crippen LogP contribution in [-0.2, 0) is 11.3 Å². The molecule has 1 aromatic heterocycles. The van der Waals surface area contributed by atoms with Crippen LogP contribution in [0, 0.1) is 0 Å². The van der Waals surface area contributed by atoms with Crippen molar-refractivity contribution in [2.75, 3.05) is 19.0 Å². The number of amides is 1. The summed E-state index contributed by atoms with van der Waals surface area (Å²) in [7, 11) is 0. The monoisotopic (exact) mass is 319 g/mol. The summed E-state index contributed by atoms with van der Waals surface area (Å²) in [6.07, 6.45) is 3.86. The number of hydrogen-bond donors (Lipinski definition) is 2. The highest BCUT2D eigenvalue weighted by Crippen LogP contribution is 2.34. The molecule has 0 atom stereocenters. The van der Waals surface area contributed by atoms with Crippen LogP contribution in [0.5, 0.6) is 11.5 Å². The van der Waals surface area contributed by atoms with Gasteiger partial charge in [-0.15, -0.1) is 11.8 Å². The number of carbonyl (C=O) groups excluding carboxylic acids is 1. The second kappa shape index (κ2) is 7.22. The van der Waals surface area contributed by atoms with E-state index in [1.165, 1.54) is 0 Å². The molecule has 0 unspecified atom stereocenters. The largest absolute Gasteiger partial charge is 0.486 e. The smallest absolute Gasteiger partial charge is 0.221 e. The van der Waals surface area contributed by atoms with Crippen molar-refractivity contribution in [1.29, 1.82) is 0 Å². The quantitative estimate of drug-likeness (QED) is 0.796. The van der Waals surface area contributed by atoms with Gasteiger partial charge in [0.2, 0.25) is 5.91 Å². The highest BCUT2D eigenvalue weighted by atomic mass is 32.2. The van der Waals surface area contributed by atoms with E-state index in [0.717, 1.165) is 22.2 Å². The molecule has 1 aliphatic rings. The SMILES string of the molecule is O=C(CCSc1ccc2c(c1)OCCO2)NCc1ncc[nH]1. The van der Waals surface area contributed by atoms with Crippen LogP contribution in [0.1, 0.15) is 12.2 Å². The maximum absolute atomic E-state index is 11.8. The Kier molecular flexibility index (Phi) is 4.85. The Morgan fingerprint density at radius 1 is 1.32 bits per heavy atom. The predicted molar refractivity (Wildman–Crippen MR) is 83.2 cm³/mol. The third-order valence-corrected chi connectivity index (χ3v) is 4.11. The molecular weight excluding hydrogens is 302 g/mol. The summed E-state index contributed by atoms with van der Waals surface area (Å²) in [4.78, 5) is 19.8. The number of benzene rings is 1. The number of H-pyrrole nitrogens is 1. The van der Waals surface area contributed by atoms with Crippen LogP contribution in [0.3, 0.4) is 0 Å². The van der Waals surface area contributed by atoms with Crippen molar-refractivity contribution >= 4 is 17.7 Å². The topological polar surface area (TPSA) is 76.2 Å². The highest BCUT2D eigenvalue weighted by molar-refractivity contribution is 7.99. The average Bonchev–Trinajstić information content (AvgIpc) is 3.06. The van der Waals surface area contributed by atoms with Gasteiger partial charge < -0.3 is 19.8 Å². The Balaban J connectivity index is 1.41. The van der Waals surface area contributed by atoms with Gasteiger partial charge in [-0.2, -0.15) is 0 Å². The maximum Gasteiger partial charge on any atom is 0.221 e. The Morgan fingerprint density at radius 2 is 2.18 bits per heavy atom. The van der Waals surface area contributed by atoms with Gasteiger partial charge in [0, 0.05) is 29.5 Å². The Bertz CT molecular complexity index is 631. The van der Waals surface area contributed by atoms with Gasteiger partial charge in [-0.1, -0.05) is 0 Å². The van der Waals surface area contributed by atoms with Crippen molar-refractivity contribution in [2.24, 2.45) is 0 Å². The van der Waals surface area contributed by atoms with Crippen molar-refractivity contribution in [3.63, 3.8) is 0 Å². The normalized spacial score (nSPS) is 12.9. The van der Waals surface area contributed by atoms with Gasteiger partial charge in [0.05, 0.1) is 6.54 Å². The molecular formula is C15H17N3O3S. The van der Waals surface area contributed by atoms with Gasteiger partial charge >= 0.3 is 0 Å². The van der Waals surface area contributed by atoms with Crippen molar-refractivity contribution in [2.45, 2.75) is 17.9 Å². The fourth-order valence-electron chi connectivity index (χ4n) is 2.04. The van der Waals surface area contributed by atoms with Crippen molar-refractivity contribution in [3.8, 4) is 11.5 Å². The van der Waals surface area contributed by atoms with E-state index in [-0.39, 0.29) is 5.91 Å². The molecule has 7 heteroatoms. The molecule has 116 valence electrons. The van der Waals surface area contributed by atoms with Gasteiger partial charge in [0.25, 0.3) is 0 Å². The third-order valence-electron chi connectivity index (χ3n) is 3.12. The van der Waals surface area contributed by atoms with Crippen LogP contribution in [0.15, 0.2) is 35.5 Å². The number of nitrogens with zero attached hydrogens (tertiary/aromatic N) is 1. The summed E-state index contributed by atoms with van der Waals surface area (Å²) in [5.41, 5.74) is 0. The molecule has 0 saturated carbocycles. The van der Waals surface area contributed by atoms with E-state index >= 15 is 0 Å². The zero-order valence-corrected chi connectivity index (χ0v) is 12.8. The van der Waals surface area contributed by atoms with Crippen molar-refractivity contribution in [3.05, 3.63) is 36.4 Å². The first kappa shape index (κ1) is 14.8. The number of aromatic amines is 1. The molecule has 3 rings (SSSR count). The number of ether oxygens (including phenoxy) is 2. The molecule has 0 aliphatic carbocycles. The second-order valence-corrected chi connectivity index (χ2v) is 5.88. The van der Waals surface area contributed by atoms with E-state index in [4.69, 9.17) is 9.47 Å². The summed E-state index contributed by atoms with van der Waals surface area (Å²) in [5, 5.41) is 2.83. The molecule has 6 nitrogen and oxygen atoms in total. The zero-order valence-electron chi connectivity index (χ0n) is 12.0. The van der Waals surface area contributed by atoms with Crippen LogP contribution in [0.4, 0.5) is 0 Å². The minimum atomic E-state index is 0.0152. The van der Waals surface area contributed by atoms with Crippen LogP contribution < -0.4 is 14.8 Å². The van der Waals surface area contributed by atoms with E-state index in [2.05, 4.69) is 15.3 Å². The Morgan fingerprint density at radius 3 is 3.00 bits per heavy atom. The zero-order chi connectivity index (χ0) is 15.2. The fourth-order valence-corrected chi connectivity index (χ4v) is 2.92. The number of carbonyl (C=O) groups is 1. The van der Waals surface area contributed by atoms with Crippen molar-refractivity contribution in [1.82, 2.24) is 15.3 Å². The fraction of sp³-hybridized carbons (Fsp3) is 0.333. The van der Waals surface area contributed by atoms with Gasteiger partial charge in [0.1, 0.15) is 19.0 Å². The number of rotatable bonds is 6. The first-order chi connectivity index (χ1) is 10.8. The molecule has 2 aromatic rings. The Hall–Kier alpha value is -2.15. The van der Waals surface area contributed by atoms with Crippen LogP contribution in [0.2, 0.25) is 0 Å². The number of aromatic nitrogens is 2. The van der Waals surface area contributed by atoms with Gasteiger partial charge in [0.15, 0.2) is 11.5 Å². The van der Waals surface area contributed by atoms with Gasteiger partial charge in [-0.25, -0.2) is 4.98 Å². The van der Waals surface area contributed by atoms with Crippen LogP contribution in [-0.4, -0.2) is 34.8 Å². The maximum atomic E-state index is 11.8. The number of thioether (sulfide) groups is 1. The lowest BCUT2D eigenvalue weighted by Crippen LogP contribution is -2.23. The van der Waals surface area contributed by atoms with Gasteiger partial charge in [-0.3, -0.25) is 4.79 Å². The molecule has 0 spiro atoms. The Labute approximate surface area is 132 Å². The summed E-state index contributed by atoms with van der Waals surface area (Å²) in [6, 6.07) is 5.85. The van der Waals surface area contributed by atoms with Crippen LogP contribution >= 0.6 is 11.8 Å². The number of fused-ring (bicyclic) bond motifs is 1. The second-order valence-electron chi connectivity index (χ2n) is 4.72. The van der Waals surface area contributed by atoms with E-state index in [0.29, 0.717) is 31.9 Å². The molecule has 2 N–H and O–H groups in total. The van der Waals surface area contributed by atoms with E-state index in [9.17, 15) is 4.79 Å². The summed E-state index contributed by atoms with van der Waals surface area (Å²) >= 11 is 1.63. The van der Waals surface area contributed by atoms with Crippen LogP contribution in [0.25, 0.3) is 0 Å². The standard InChI is InChI=1S/C15H17N3O3S/c19-15(18-10-14-16-4-5-17-14)3-8-22-11-1-2-12-13(9-11)21-7-6-20-12/h1-2,4-5,9H,3,6-8,10H2,(H,16,17)(H,18,19). The van der Waals surface area contributed by atoms with E-state index in [1.807, 2.05) is 18.2 Å². The number of hydrogen-bond acceptors (Lipinski definition) is 5. The minimum Gasteiger partial charge on any atom is -0.486 e. The molecule has 22 heavy (non-hydrogen) atoms. The molecule has 0 fully saturated rings. The molecule has 0 saturated heterocycles. The van der Waals surface area contributed by atoms with Crippen molar-refractivity contribution < 1.29 is 14.3 Å². The van der Waals surface area contributed by atoms with Gasteiger partial charge in [-0.05, 0) is 18.2 Å². The third kappa shape index (κ3) is 3.94. The lowest BCUT2D eigenvalue weighted by Gasteiger charge is -2.18.